The molecule has 1 heterocycles. The molecule has 0 aromatic carbocycles. The van der Waals surface area contributed by atoms with Crippen LogP contribution in [0.5, 0.6) is 0 Å². The number of hydrogen-bond acceptors (Lipinski definition) is 4. The first-order valence-corrected chi connectivity index (χ1v) is 3.64. The standard InChI is InChI=1S/C7H7BN2O2/c11-8(12)6-2-1-5-4-9-10-7(5)3-6/h1-5,11-12H/t5-/m1/s1. The van der Waals surface area contributed by atoms with E-state index < -0.39 is 7.12 Å². The Morgan fingerprint density at radius 2 is 2.25 bits per heavy atom. The first-order valence-electron chi connectivity index (χ1n) is 3.64. The van der Waals surface area contributed by atoms with E-state index in [1.807, 2.05) is 6.08 Å². The average molecular weight is 162 g/mol. The summed E-state index contributed by atoms with van der Waals surface area (Å²) < 4.78 is 0. The van der Waals surface area contributed by atoms with Crippen molar-refractivity contribution in [3.8, 4) is 0 Å². The highest BCUT2D eigenvalue weighted by atomic mass is 16.4. The molecule has 0 fully saturated rings. The van der Waals surface area contributed by atoms with Crippen molar-refractivity contribution >= 4 is 19.0 Å². The molecule has 1 aliphatic heterocycles. The normalized spacial score (nSPS) is 25.0. The SMILES string of the molecule is OB(O)C1=CC2=NN=C[C@H]2C=C1. The zero-order valence-electron chi connectivity index (χ0n) is 6.25. The first-order chi connectivity index (χ1) is 5.77. The van der Waals surface area contributed by atoms with Crippen molar-refractivity contribution < 1.29 is 10.0 Å². The van der Waals surface area contributed by atoms with Gasteiger partial charge in [0, 0.05) is 6.21 Å². The minimum atomic E-state index is -1.43. The summed E-state index contributed by atoms with van der Waals surface area (Å²) in [6.07, 6.45) is 6.86. The van der Waals surface area contributed by atoms with E-state index in [4.69, 9.17) is 10.0 Å². The maximum Gasteiger partial charge on any atom is 0.488 e. The monoisotopic (exact) mass is 162 g/mol. The average Bonchev–Trinajstić information content (AvgIpc) is 2.49. The molecule has 2 rings (SSSR count). The van der Waals surface area contributed by atoms with Crippen LogP contribution in [0.3, 0.4) is 0 Å². The predicted octanol–water partition coefficient (Wildman–Crippen LogP) is -0.449. The smallest absolute Gasteiger partial charge is 0.423 e. The maximum absolute atomic E-state index is 8.84. The molecule has 1 atom stereocenters. The van der Waals surface area contributed by atoms with Gasteiger partial charge in [0.15, 0.2) is 0 Å². The molecule has 2 N–H and O–H groups in total. The van der Waals surface area contributed by atoms with Crippen molar-refractivity contribution in [2.24, 2.45) is 16.1 Å². The van der Waals surface area contributed by atoms with Crippen LogP contribution < -0.4 is 0 Å². The van der Waals surface area contributed by atoms with Gasteiger partial charge in [0.2, 0.25) is 0 Å². The fourth-order valence-corrected chi connectivity index (χ4v) is 1.18. The summed E-state index contributed by atoms with van der Waals surface area (Å²) in [4.78, 5) is 0. The van der Waals surface area contributed by atoms with E-state index in [1.165, 1.54) is 0 Å². The van der Waals surface area contributed by atoms with Crippen LogP contribution in [0.1, 0.15) is 0 Å². The lowest BCUT2D eigenvalue weighted by molar-refractivity contribution is 0.420. The van der Waals surface area contributed by atoms with Gasteiger partial charge in [-0.2, -0.15) is 10.2 Å². The number of fused-ring (bicyclic) bond motifs is 1. The molecular formula is C7H7BN2O2. The lowest BCUT2D eigenvalue weighted by Gasteiger charge is -2.09. The molecular weight excluding hydrogens is 155 g/mol. The first kappa shape index (κ1) is 7.45. The summed E-state index contributed by atoms with van der Waals surface area (Å²) >= 11 is 0. The van der Waals surface area contributed by atoms with Crippen LogP contribution in [-0.2, 0) is 0 Å². The summed E-state index contributed by atoms with van der Waals surface area (Å²) in [5, 5.41) is 25.2. The zero-order valence-corrected chi connectivity index (χ0v) is 6.25. The molecule has 1 aliphatic carbocycles. The third-order valence-electron chi connectivity index (χ3n) is 1.85. The Morgan fingerprint density at radius 3 is 3.00 bits per heavy atom. The zero-order chi connectivity index (χ0) is 8.55. The number of nitrogens with zero attached hydrogens (tertiary/aromatic N) is 2. The van der Waals surface area contributed by atoms with E-state index in [0.717, 1.165) is 5.71 Å². The lowest BCUT2D eigenvalue weighted by atomic mass is 9.75. The van der Waals surface area contributed by atoms with E-state index in [0.29, 0.717) is 5.47 Å². The third-order valence-corrected chi connectivity index (χ3v) is 1.85. The highest BCUT2D eigenvalue weighted by Crippen LogP contribution is 2.17. The van der Waals surface area contributed by atoms with E-state index in [1.54, 1.807) is 18.4 Å². The molecule has 4 nitrogen and oxygen atoms in total. The van der Waals surface area contributed by atoms with Gasteiger partial charge < -0.3 is 10.0 Å². The summed E-state index contributed by atoms with van der Waals surface area (Å²) in [6, 6.07) is 0. The van der Waals surface area contributed by atoms with Gasteiger partial charge in [0.05, 0.1) is 11.6 Å². The van der Waals surface area contributed by atoms with Crippen molar-refractivity contribution in [1.82, 2.24) is 0 Å². The maximum atomic E-state index is 8.84. The molecule has 0 aromatic heterocycles. The minimum Gasteiger partial charge on any atom is -0.423 e. The van der Waals surface area contributed by atoms with Gasteiger partial charge in [-0.1, -0.05) is 12.2 Å². The second kappa shape index (κ2) is 2.69. The van der Waals surface area contributed by atoms with Crippen molar-refractivity contribution in [2.75, 3.05) is 0 Å². The Morgan fingerprint density at radius 1 is 1.42 bits per heavy atom. The van der Waals surface area contributed by atoms with E-state index >= 15 is 0 Å². The second-order valence-corrected chi connectivity index (χ2v) is 2.69. The van der Waals surface area contributed by atoms with Crippen molar-refractivity contribution in [3.63, 3.8) is 0 Å². The molecule has 0 aromatic rings. The van der Waals surface area contributed by atoms with Crippen molar-refractivity contribution in [3.05, 3.63) is 23.7 Å². The van der Waals surface area contributed by atoms with Crippen LogP contribution in [0.15, 0.2) is 33.9 Å². The Hall–Kier alpha value is -1.20. The van der Waals surface area contributed by atoms with E-state index in [2.05, 4.69) is 10.2 Å². The van der Waals surface area contributed by atoms with Gasteiger partial charge in [-0.25, -0.2) is 0 Å². The molecule has 0 saturated carbocycles. The lowest BCUT2D eigenvalue weighted by Crippen LogP contribution is -2.20. The summed E-state index contributed by atoms with van der Waals surface area (Å²) in [6.45, 7) is 0. The van der Waals surface area contributed by atoms with E-state index in [-0.39, 0.29) is 5.92 Å². The highest BCUT2D eigenvalue weighted by molar-refractivity contribution is 6.53. The Balaban J connectivity index is 2.28. The molecule has 0 spiro atoms. The highest BCUT2D eigenvalue weighted by Gasteiger charge is 2.22. The van der Waals surface area contributed by atoms with Gasteiger partial charge in [-0.3, -0.25) is 0 Å². The number of rotatable bonds is 1. The van der Waals surface area contributed by atoms with Crippen LogP contribution in [0.2, 0.25) is 0 Å². The summed E-state index contributed by atoms with van der Waals surface area (Å²) in [7, 11) is -1.43. The van der Waals surface area contributed by atoms with Crippen LogP contribution >= 0.6 is 0 Å². The van der Waals surface area contributed by atoms with Crippen molar-refractivity contribution in [2.45, 2.75) is 0 Å². The fraction of sp³-hybridized carbons (Fsp3) is 0.143. The van der Waals surface area contributed by atoms with Crippen LogP contribution in [0.4, 0.5) is 0 Å². The van der Waals surface area contributed by atoms with Crippen LogP contribution in [0.25, 0.3) is 0 Å². The molecule has 0 unspecified atom stereocenters. The molecule has 2 aliphatic rings. The van der Waals surface area contributed by atoms with Gasteiger partial charge in [0.1, 0.15) is 0 Å². The fourth-order valence-electron chi connectivity index (χ4n) is 1.18. The summed E-state index contributed by atoms with van der Waals surface area (Å²) in [5.74, 6) is 0.118. The Kier molecular flexibility index (Phi) is 1.67. The molecule has 0 radical (unpaired) electrons. The largest absolute Gasteiger partial charge is 0.488 e. The molecule has 0 amide bonds. The van der Waals surface area contributed by atoms with Gasteiger partial charge >= 0.3 is 7.12 Å². The van der Waals surface area contributed by atoms with Gasteiger partial charge in [-0.15, -0.1) is 0 Å². The molecule has 12 heavy (non-hydrogen) atoms. The number of hydrogen-bond donors (Lipinski definition) is 2. The Bertz CT molecular complexity index is 317. The van der Waals surface area contributed by atoms with Gasteiger partial charge in [0.25, 0.3) is 0 Å². The topological polar surface area (TPSA) is 65.2 Å². The molecule has 5 heteroatoms. The number of allylic oxidation sites excluding steroid dienone is 4. The quantitative estimate of drug-likeness (QED) is 0.513. The second-order valence-electron chi connectivity index (χ2n) is 2.69. The van der Waals surface area contributed by atoms with Crippen molar-refractivity contribution in [1.29, 1.82) is 0 Å². The molecule has 60 valence electrons. The van der Waals surface area contributed by atoms with E-state index in [9.17, 15) is 0 Å². The van der Waals surface area contributed by atoms with Gasteiger partial charge in [-0.05, 0) is 11.5 Å². The minimum absolute atomic E-state index is 0.118. The van der Waals surface area contributed by atoms with Crippen LogP contribution in [-0.4, -0.2) is 29.1 Å². The Labute approximate surface area is 69.8 Å². The molecule has 0 saturated heterocycles. The summed E-state index contributed by atoms with van der Waals surface area (Å²) in [5.41, 5.74) is 1.22. The molecule has 0 bridgehead atoms. The third kappa shape index (κ3) is 1.13. The predicted molar refractivity (Wildman–Crippen MR) is 46.8 cm³/mol. The van der Waals surface area contributed by atoms with Crippen LogP contribution in [0, 0.1) is 5.92 Å².